The van der Waals surface area contributed by atoms with Crippen LogP contribution in [0.5, 0.6) is 0 Å². The number of hydrogen-bond acceptors (Lipinski definition) is 4. The minimum atomic E-state index is 0.312. The topological polar surface area (TPSA) is 65.9 Å². The van der Waals surface area contributed by atoms with Crippen molar-refractivity contribution in [2.75, 3.05) is 23.7 Å². The third-order valence-electron chi connectivity index (χ3n) is 5.33. The predicted octanol–water partition coefficient (Wildman–Crippen LogP) is 4.59. The van der Waals surface area contributed by atoms with Gasteiger partial charge in [0.05, 0.1) is 11.4 Å². The Balaban J connectivity index is 1.86. The van der Waals surface area contributed by atoms with E-state index >= 15 is 0 Å². The summed E-state index contributed by atoms with van der Waals surface area (Å²) in [5.74, 6) is 1.04. The average Bonchev–Trinajstić information content (AvgIpc) is 2.67. The molecule has 1 fully saturated rings. The maximum Gasteiger partial charge on any atom is 0.144 e. The van der Waals surface area contributed by atoms with E-state index in [4.69, 9.17) is 5.73 Å². The van der Waals surface area contributed by atoms with E-state index in [1.54, 1.807) is 0 Å². The first kappa shape index (κ1) is 16.4. The van der Waals surface area contributed by atoms with Crippen LogP contribution in [0, 0.1) is 17.2 Å². The summed E-state index contributed by atoms with van der Waals surface area (Å²) in [5.41, 5.74) is 9.46. The second-order valence-electron chi connectivity index (χ2n) is 7.09. The Kier molecular flexibility index (Phi) is 4.22. The number of rotatable bonds is 2. The largest absolute Gasteiger partial charge is 0.383 e. The molecule has 2 aromatic carbocycles. The molecular formula is C22H22N4. The summed E-state index contributed by atoms with van der Waals surface area (Å²) in [4.78, 5) is 6.85. The van der Waals surface area contributed by atoms with Gasteiger partial charge in [-0.1, -0.05) is 49.4 Å². The zero-order valence-corrected chi connectivity index (χ0v) is 14.9. The summed E-state index contributed by atoms with van der Waals surface area (Å²) < 4.78 is 0. The molecular weight excluding hydrogens is 320 g/mol. The fourth-order valence-corrected chi connectivity index (χ4v) is 3.75. The third kappa shape index (κ3) is 2.86. The molecule has 4 rings (SSSR count). The quantitative estimate of drug-likeness (QED) is 0.739. The molecule has 1 aliphatic rings. The van der Waals surface area contributed by atoms with Gasteiger partial charge < -0.3 is 10.6 Å². The van der Waals surface area contributed by atoms with Crippen LogP contribution in [0.3, 0.4) is 0 Å². The molecule has 0 saturated carbocycles. The molecule has 2 N–H and O–H groups in total. The van der Waals surface area contributed by atoms with Crippen LogP contribution in [0.2, 0.25) is 0 Å². The van der Waals surface area contributed by atoms with E-state index in [1.807, 2.05) is 24.3 Å². The first-order valence-electron chi connectivity index (χ1n) is 9.11. The summed E-state index contributed by atoms with van der Waals surface area (Å²) in [6.07, 6.45) is 2.27. The smallest absolute Gasteiger partial charge is 0.144 e. The Bertz CT molecular complexity index is 989. The van der Waals surface area contributed by atoms with Crippen LogP contribution in [0.15, 0.2) is 48.5 Å². The van der Waals surface area contributed by atoms with Gasteiger partial charge in [0.1, 0.15) is 17.5 Å². The van der Waals surface area contributed by atoms with Gasteiger partial charge in [0, 0.05) is 18.7 Å². The lowest BCUT2D eigenvalue weighted by molar-refractivity contribution is 0.438. The fourth-order valence-electron chi connectivity index (χ4n) is 3.75. The molecule has 0 aliphatic carbocycles. The number of piperidine rings is 1. The minimum absolute atomic E-state index is 0.312. The van der Waals surface area contributed by atoms with Gasteiger partial charge in [0.15, 0.2) is 0 Å². The highest BCUT2D eigenvalue weighted by Gasteiger charge is 2.21. The first-order chi connectivity index (χ1) is 12.7. The van der Waals surface area contributed by atoms with Gasteiger partial charge in [-0.05, 0) is 35.6 Å². The molecule has 1 saturated heterocycles. The highest BCUT2D eigenvalue weighted by atomic mass is 15.1. The van der Waals surface area contributed by atoms with E-state index in [9.17, 15) is 5.26 Å². The Morgan fingerprint density at radius 1 is 1.12 bits per heavy atom. The van der Waals surface area contributed by atoms with Gasteiger partial charge >= 0.3 is 0 Å². The average molecular weight is 342 g/mol. The molecule has 0 amide bonds. The first-order valence-corrected chi connectivity index (χ1v) is 9.11. The van der Waals surface area contributed by atoms with Crippen molar-refractivity contribution in [3.8, 4) is 17.3 Å². The van der Waals surface area contributed by atoms with Crippen LogP contribution >= 0.6 is 0 Å². The number of nitrogens with zero attached hydrogens (tertiary/aromatic N) is 3. The van der Waals surface area contributed by atoms with Gasteiger partial charge in [0.2, 0.25) is 0 Å². The van der Waals surface area contributed by atoms with Crippen LogP contribution in [0.25, 0.3) is 22.0 Å². The van der Waals surface area contributed by atoms with Gasteiger partial charge in [0.25, 0.3) is 0 Å². The SMILES string of the molecule is CC1CCN(c2cc(-c3cccc4ccccc34)nc(N)c2C#N)CC1. The van der Waals surface area contributed by atoms with Crippen LogP contribution in [-0.4, -0.2) is 18.1 Å². The lowest BCUT2D eigenvalue weighted by Crippen LogP contribution is -2.33. The molecule has 4 nitrogen and oxygen atoms in total. The number of benzene rings is 2. The zero-order valence-electron chi connectivity index (χ0n) is 14.9. The van der Waals surface area contributed by atoms with Crippen molar-refractivity contribution < 1.29 is 0 Å². The number of nitrogen functional groups attached to an aromatic ring is 1. The van der Waals surface area contributed by atoms with Crippen LogP contribution in [0.1, 0.15) is 25.3 Å². The summed E-state index contributed by atoms with van der Waals surface area (Å²) in [6.45, 7) is 4.19. The lowest BCUT2D eigenvalue weighted by atomic mass is 9.97. The summed E-state index contributed by atoms with van der Waals surface area (Å²) in [6, 6.07) is 18.8. The molecule has 3 aromatic rings. The molecule has 26 heavy (non-hydrogen) atoms. The summed E-state index contributed by atoms with van der Waals surface area (Å²) in [5, 5.41) is 11.9. The van der Waals surface area contributed by atoms with E-state index in [0.29, 0.717) is 11.4 Å². The number of hydrogen-bond donors (Lipinski definition) is 1. The lowest BCUT2D eigenvalue weighted by Gasteiger charge is -2.33. The predicted molar refractivity (Wildman–Crippen MR) is 107 cm³/mol. The van der Waals surface area contributed by atoms with Gasteiger partial charge in [-0.3, -0.25) is 0 Å². The molecule has 0 atom stereocenters. The normalized spacial score (nSPS) is 15.2. The zero-order chi connectivity index (χ0) is 18.1. The molecule has 0 spiro atoms. The molecule has 2 heterocycles. The van der Waals surface area contributed by atoms with E-state index in [1.165, 1.54) is 5.39 Å². The van der Waals surface area contributed by atoms with Crippen LogP contribution in [-0.2, 0) is 0 Å². The second kappa shape index (κ2) is 6.68. The van der Waals surface area contributed by atoms with E-state index in [-0.39, 0.29) is 0 Å². The van der Waals surface area contributed by atoms with Crippen molar-refractivity contribution in [1.29, 1.82) is 5.26 Å². The standard InChI is InChI=1S/C22H22N4/c1-15-9-11-26(12-10-15)21-13-20(25-22(24)19(21)14-23)18-8-4-6-16-5-2-3-7-17(16)18/h2-8,13,15H,9-12H2,1H3,(H2,24,25). The van der Waals surface area contributed by atoms with Gasteiger partial charge in [-0.25, -0.2) is 4.98 Å². The highest BCUT2D eigenvalue weighted by molar-refractivity contribution is 5.96. The van der Waals surface area contributed by atoms with Crippen molar-refractivity contribution >= 4 is 22.3 Å². The van der Waals surface area contributed by atoms with Crippen molar-refractivity contribution in [1.82, 2.24) is 4.98 Å². The van der Waals surface area contributed by atoms with Gasteiger partial charge in [-0.2, -0.15) is 5.26 Å². The van der Waals surface area contributed by atoms with Crippen LogP contribution in [0.4, 0.5) is 11.5 Å². The monoisotopic (exact) mass is 342 g/mol. The fraction of sp³-hybridized carbons (Fsp3) is 0.273. The maximum absolute atomic E-state index is 9.62. The Morgan fingerprint density at radius 2 is 1.85 bits per heavy atom. The van der Waals surface area contributed by atoms with E-state index in [0.717, 1.165) is 54.2 Å². The van der Waals surface area contributed by atoms with Gasteiger partial charge in [-0.15, -0.1) is 0 Å². The molecule has 0 radical (unpaired) electrons. The Hall–Kier alpha value is -3.06. The molecule has 0 bridgehead atoms. The number of nitriles is 1. The van der Waals surface area contributed by atoms with Crippen molar-refractivity contribution in [3.05, 3.63) is 54.1 Å². The van der Waals surface area contributed by atoms with Crippen LogP contribution < -0.4 is 10.6 Å². The molecule has 4 heteroatoms. The second-order valence-corrected chi connectivity index (χ2v) is 7.09. The van der Waals surface area contributed by atoms with Crippen molar-refractivity contribution in [3.63, 3.8) is 0 Å². The third-order valence-corrected chi connectivity index (χ3v) is 5.33. The number of anilines is 2. The van der Waals surface area contributed by atoms with E-state index < -0.39 is 0 Å². The number of fused-ring (bicyclic) bond motifs is 1. The molecule has 1 aromatic heterocycles. The molecule has 1 aliphatic heterocycles. The van der Waals surface area contributed by atoms with Crippen molar-refractivity contribution in [2.45, 2.75) is 19.8 Å². The number of aromatic nitrogens is 1. The Morgan fingerprint density at radius 3 is 2.62 bits per heavy atom. The summed E-state index contributed by atoms with van der Waals surface area (Å²) in [7, 11) is 0. The number of pyridine rings is 1. The molecule has 130 valence electrons. The highest BCUT2D eigenvalue weighted by Crippen LogP contribution is 2.34. The Labute approximate surface area is 153 Å². The van der Waals surface area contributed by atoms with Crippen molar-refractivity contribution in [2.24, 2.45) is 5.92 Å². The minimum Gasteiger partial charge on any atom is -0.383 e. The van der Waals surface area contributed by atoms with E-state index in [2.05, 4.69) is 47.1 Å². The summed E-state index contributed by atoms with van der Waals surface area (Å²) >= 11 is 0. The number of nitrogens with two attached hydrogens (primary N) is 1. The maximum atomic E-state index is 9.62. The molecule has 0 unspecified atom stereocenters.